The summed E-state index contributed by atoms with van der Waals surface area (Å²) < 4.78 is 0. The Balaban J connectivity index is -0.00000123. The van der Waals surface area contributed by atoms with Crippen molar-refractivity contribution in [3.05, 3.63) is 60.3 Å². The van der Waals surface area contributed by atoms with Crippen molar-refractivity contribution in [2.75, 3.05) is 6.61 Å². The SMILES string of the molecule is C=C(/C=C\C(=C)C(C)CCC(C)CC)C(=C)/C(C)=C\CCO.CC.CC. The molecule has 0 aromatic carbocycles. The van der Waals surface area contributed by atoms with Crippen LogP contribution in [0.15, 0.2) is 60.3 Å². The minimum Gasteiger partial charge on any atom is -0.396 e. The average molecular weight is 363 g/mol. The number of aliphatic hydroxyl groups excluding tert-OH is 1. The quantitative estimate of drug-likeness (QED) is 0.368. The van der Waals surface area contributed by atoms with Crippen LogP contribution in [-0.4, -0.2) is 11.7 Å². The van der Waals surface area contributed by atoms with Gasteiger partial charge in [-0.05, 0) is 48.3 Å². The summed E-state index contributed by atoms with van der Waals surface area (Å²) in [5, 5.41) is 8.86. The van der Waals surface area contributed by atoms with Gasteiger partial charge in [-0.15, -0.1) is 0 Å². The first-order valence-electron chi connectivity index (χ1n) is 10.4. The van der Waals surface area contributed by atoms with E-state index in [1.807, 2.05) is 46.8 Å². The van der Waals surface area contributed by atoms with E-state index < -0.39 is 0 Å². The Morgan fingerprint density at radius 2 is 1.50 bits per heavy atom. The summed E-state index contributed by atoms with van der Waals surface area (Å²) in [6.45, 7) is 29.3. The van der Waals surface area contributed by atoms with Gasteiger partial charge in [0, 0.05) is 6.61 Å². The van der Waals surface area contributed by atoms with Crippen LogP contribution in [-0.2, 0) is 0 Å². The zero-order valence-corrected chi connectivity index (χ0v) is 19.0. The third-order valence-electron chi connectivity index (χ3n) is 4.36. The summed E-state index contributed by atoms with van der Waals surface area (Å²) in [6.07, 6.45) is 10.4. The van der Waals surface area contributed by atoms with Crippen molar-refractivity contribution in [1.82, 2.24) is 0 Å². The summed E-state index contributed by atoms with van der Waals surface area (Å²) in [4.78, 5) is 0. The van der Waals surface area contributed by atoms with Gasteiger partial charge < -0.3 is 5.11 Å². The molecular weight excluding hydrogens is 316 g/mol. The van der Waals surface area contributed by atoms with E-state index in [2.05, 4.69) is 46.6 Å². The van der Waals surface area contributed by atoms with Crippen LogP contribution in [0.25, 0.3) is 0 Å². The second kappa shape index (κ2) is 20.0. The second-order valence-corrected chi connectivity index (χ2v) is 6.30. The molecule has 0 amide bonds. The van der Waals surface area contributed by atoms with Gasteiger partial charge in [0.1, 0.15) is 0 Å². The highest BCUT2D eigenvalue weighted by molar-refractivity contribution is 5.48. The molecule has 0 aromatic rings. The second-order valence-electron chi connectivity index (χ2n) is 6.30. The topological polar surface area (TPSA) is 20.2 Å². The van der Waals surface area contributed by atoms with Crippen LogP contribution in [0.1, 0.15) is 81.1 Å². The minimum absolute atomic E-state index is 0.164. The van der Waals surface area contributed by atoms with Gasteiger partial charge in [0.15, 0.2) is 0 Å². The Bertz CT molecular complexity index is 437. The van der Waals surface area contributed by atoms with E-state index in [-0.39, 0.29) is 6.61 Å². The molecule has 26 heavy (non-hydrogen) atoms. The van der Waals surface area contributed by atoms with Crippen LogP contribution in [0.2, 0.25) is 0 Å². The predicted octanol–water partition coefficient (Wildman–Crippen LogP) is 8.05. The van der Waals surface area contributed by atoms with Crippen molar-refractivity contribution in [3.8, 4) is 0 Å². The monoisotopic (exact) mass is 362 g/mol. The number of hydrogen-bond acceptors (Lipinski definition) is 1. The molecule has 0 saturated heterocycles. The summed E-state index contributed by atoms with van der Waals surface area (Å²) >= 11 is 0. The molecule has 0 aliphatic carbocycles. The Hall–Kier alpha value is -1.34. The van der Waals surface area contributed by atoms with Gasteiger partial charge in [0.05, 0.1) is 0 Å². The van der Waals surface area contributed by atoms with E-state index >= 15 is 0 Å². The maximum atomic E-state index is 8.86. The summed E-state index contributed by atoms with van der Waals surface area (Å²) in [5.41, 5.74) is 4.04. The normalized spacial score (nSPS) is 13.0. The first-order valence-corrected chi connectivity index (χ1v) is 10.4. The average Bonchev–Trinajstić information content (AvgIpc) is 2.69. The van der Waals surface area contributed by atoms with Crippen LogP contribution in [0.4, 0.5) is 0 Å². The van der Waals surface area contributed by atoms with Crippen molar-refractivity contribution in [3.63, 3.8) is 0 Å². The molecule has 1 heteroatoms. The zero-order chi connectivity index (χ0) is 21.1. The third-order valence-corrected chi connectivity index (χ3v) is 4.36. The van der Waals surface area contributed by atoms with E-state index in [1.165, 1.54) is 19.3 Å². The fourth-order valence-electron chi connectivity index (χ4n) is 2.05. The molecular formula is C25H46O. The minimum atomic E-state index is 0.164. The van der Waals surface area contributed by atoms with Gasteiger partial charge in [-0.25, -0.2) is 0 Å². The molecule has 1 N–H and O–H groups in total. The van der Waals surface area contributed by atoms with E-state index in [9.17, 15) is 0 Å². The smallest absolute Gasteiger partial charge is 0.0465 e. The molecule has 0 aliphatic heterocycles. The summed E-state index contributed by atoms with van der Waals surface area (Å²) in [6, 6.07) is 0. The molecule has 0 aromatic heterocycles. The Morgan fingerprint density at radius 3 is 1.96 bits per heavy atom. The van der Waals surface area contributed by atoms with Crippen LogP contribution in [0, 0.1) is 11.8 Å². The molecule has 0 radical (unpaired) electrons. The maximum absolute atomic E-state index is 8.86. The molecule has 0 saturated carbocycles. The van der Waals surface area contributed by atoms with Crippen molar-refractivity contribution < 1.29 is 5.11 Å². The fraction of sp³-hybridized carbons (Fsp3) is 0.600. The molecule has 2 atom stereocenters. The molecule has 0 fully saturated rings. The number of rotatable bonds is 11. The van der Waals surface area contributed by atoms with Gasteiger partial charge in [0.2, 0.25) is 0 Å². The highest BCUT2D eigenvalue weighted by Crippen LogP contribution is 2.22. The molecule has 0 rings (SSSR count). The van der Waals surface area contributed by atoms with Crippen LogP contribution in [0.3, 0.4) is 0 Å². The Labute approximate surface area is 165 Å². The largest absolute Gasteiger partial charge is 0.396 e. The molecule has 0 spiro atoms. The van der Waals surface area contributed by atoms with Crippen molar-refractivity contribution >= 4 is 0 Å². The predicted molar refractivity (Wildman–Crippen MR) is 123 cm³/mol. The van der Waals surface area contributed by atoms with Gasteiger partial charge >= 0.3 is 0 Å². The van der Waals surface area contributed by atoms with Crippen molar-refractivity contribution in [2.45, 2.75) is 81.1 Å². The van der Waals surface area contributed by atoms with Gasteiger partial charge in [-0.3, -0.25) is 0 Å². The number of hydrogen-bond donors (Lipinski definition) is 1. The molecule has 0 heterocycles. The maximum Gasteiger partial charge on any atom is 0.0465 e. The van der Waals surface area contributed by atoms with Crippen LogP contribution >= 0.6 is 0 Å². The molecule has 152 valence electrons. The Kier molecular flexibility index (Phi) is 22.6. The molecule has 1 nitrogen and oxygen atoms in total. The lowest BCUT2D eigenvalue weighted by molar-refractivity contribution is 0.302. The van der Waals surface area contributed by atoms with E-state index in [4.69, 9.17) is 5.11 Å². The van der Waals surface area contributed by atoms with Gasteiger partial charge in [-0.1, -0.05) is 105 Å². The van der Waals surface area contributed by atoms with Crippen molar-refractivity contribution in [2.24, 2.45) is 11.8 Å². The van der Waals surface area contributed by atoms with Crippen LogP contribution in [0.5, 0.6) is 0 Å². The van der Waals surface area contributed by atoms with E-state index in [1.54, 1.807) is 0 Å². The zero-order valence-electron chi connectivity index (χ0n) is 19.0. The highest BCUT2D eigenvalue weighted by Gasteiger charge is 2.07. The van der Waals surface area contributed by atoms with E-state index in [0.29, 0.717) is 12.3 Å². The van der Waals surface area contributed by atoms with Gasteiger partial charge in [-0.2, -0.15) is 0 Å². The summed E-state index contributed by atoms with van der Waals surface area (Å²) in [7, 11) is 0. The lowest BCUT2D eigenvalue weighted by atomic mass is 9.91. The Morgan fingerprint density at radius 1 is 0.962 bits per heavy atom. The van der Waals surface area contributed by atoms with E-state index in [0.717, 1.165) is 28.2 Å². The molecule has 0 aliphatic rings. The first-order chi connectivity index (χ1) is 12.3. The summed E-state index contributed by atoms with van der Waals surface area (Å²) in [5.74, 6) is 1.28. The molecule has 2 unspecified atom stereocenters. The number of aliphatic hydroxyl groups is 1. The fourth-order valence-corrected chi connectivity index (χ4v) is 2.05. The lowest BCUT2D eigenvalue weighted by Gasteiger charge is -2.15. The standard InChI is InChI=1S/C21H34O.2C2H6/c1-8-16(2)11-12-17(3)18(4)13-14-20(6)21(7)19(5)10-9-15-22;2*1-2/h10,13-14,16-17,22H,4,6-9,11-12,15H2,1-3,5H3;2*1-2H3/b14-13-,19-10-;;. The first kappa shape index (κ1) is 29.4. The van der Waals surface area contributed by atoms with Crippen molar-refractivity contribution in [1.29, 1.82) is 0 Å². The number of allylic oxidation sites excluding steroid dienone is 6. The molecule has 0 bridgehead atoms. The third kappa shape index (κ3) is 15.0. The van der Waals surface area contributed by atoms with Gasteiger partial charge in [0.25, 0.3) is 0 Å². The van der Waals surface area contributed by atoms with Crippen LogP contribution < -0.4 is 0 Å². The lowest BCUT2D eigenvalue weighted by Crippen LogP contribution is -2.01. The highest BCUT2D eigenvalue weighted by atomic mass is 16.2.